The quantitative estimate of drug-likeness (QED) is 0.504. The van der Waals surface area contributed by atoms with Crippen LogP contribution in [0.1, 0.15) is 12.0 Å². The minimum Gasteiger partial charge on any atom is -0.368 e. The minimum atomic E-state index is -0.191. The van der Waals surface area contributed by atoms with Gasteiger partial charge in [0, 0.05) is 58.7 Å². The largest absolute Gasteiger partial charge is 0.368 e. The van der Waals surface area contributed by atoms with Crippen molar-refractivity contribution in [3.8, 4) is 0 Å². The van der Waals surface area contributed by atoms with Crippen molar-refractivity contribution in [2.24, 2.45) is 12.0 Å². The molecule has 0 bridgehead atoms. The van der Waals surface area contributed by atoms with Gasteiger partial charge in [0.15, 0.2) is 5.96 Å². The van der Waals surface area contributed by atoms with E-state index in [-0.39, 0.29) is 5.82 Å². The molecule has 0 amide bonds. The van der Waals surface area contributed by atoms with Crippen LogP contribution in [0.5, 0.6) is 0 Å². The maximum absolute atomic E-state index is 13.1. The normalized spacial score (nSPS) is 15.4. The van der Waals surface area contributed by atoms with Crippen molar-refractivity contribution < 1.29 is 4.39 Å². The number of piperazine rings is 1. The molecule has 1 aliphatic rings. The van der Waals surface area contributed by atoms with Crippen LogP contribution in [0, 0.1) is 5.82 Å². The van der Waals surface area contributed by atoms with Crippen LogP contribution in [0.3, 0.4) is 0 Å². The summed E-state index contributed by atoms with van der Waals surface area (Å²) < 4.78 is 14.9. The van der Waals surface area contributed by atoms with Crippen molar-refractivity contribution in [3.05, 3.63) is 48.0 Å². The summed E-state index contributed by atoms with van der Waals surface area (Å²) in [7, 11) is 3.77. The van der Waals surface area contributed by atoms with Gasteiger partial charge in [0.25, 0.3) is 0 Å². The summed E-state index contributed by atoms with van der Waals surface area (Å²) in [6, 6.07) is 6.72. The first-order valence-corrected chi connectivity index (χ1v) is 9.09. The summed E-state index contributed by atoms with van der Waals surface area (Å²) >= 11 is 0. The van der Waals surface area contributed by atoms with Gasteiger partial charge in [-0.3, -0.25) is 9.67 Å². The van der Waals surface area contributed by atoms with Gasteiger partial charge in [0.05, 0.1) is 6.20 Å². The van der Waals surface area contributed by atoms with E-state index < -0.39 is 0 Å². The number of hydrogen-bond acceptors (Lipinski definition) is 3. The Labute approximate surface area is 154 Å². The molecule has 2 aromatic rings. The number of aromatic nitrogens is 2. The summed E-state index contributed by atoms with van der Waals surface area (Å²) in [4.78, 5) is 8.98. The maximum Gasteiger partial charge on any atom is 0.193 e. The monoisotopic (exact) mass is 358 g/mol. The molecule has 6 nitrogen and oxygen atoms in total. The van der Waals surface area contributed by atoms with Crippen molar-refractivity contribution >= 4 is 11.6 Å². The molecule has 1 aliphatic heterocycles. The van der Waals surface area contributed by atoms with E-state index in [4.69, 9.17) is 0 Å². The number of hydrogen-bond donors (Lipinski definition) is 1. The van der Waals surface area contributed by atoms with Crippen LogP contribution in [0.15, 0.2) is 41.7 Å². The van der Waals surface area contributed by atoms with Crippen molar-refractivity contribution in [1.29, 1.82) is 0 Å². The molecule has 1 aromatic carbocycles. The van der Waals surface area contributed by atoms with Crippen molar-refractivity contribution in [2.75, 3.05) is 44.7 Å². The van der Waals surface area contributed by atoms with Crippen molar-refractivity contribution in [2.45, 2.75) is 12.8 Å². The van der Waals surface area contributed by atoms with E-state index >= 15 is 0 Å². The molecule has 2 heterocycles. The standard InChI is InChI=1S/C19H27FN6/c1-21-19(22-9-3-4-16-14-23-24(2)15-16)26-12-10-25(11-13-26)18-7-5-17(20)6-8-18/h5-8,14-15H,3-4,9-13H2,1-2H3,(H,21,22). The number of halogens is 1. The third-order valence-corrected chi connectivity index (χ3v) is 4.67. The molecule has 0 atom stereocenters. The fraction of sp³-hybridized carbons (Fsp3) is 0.474. The lowest BCUT2D eigenvalue weighted by Crippen LogP contribution is -2.52. The average Bonchev–Trinajstić information content (AvgIpc) is 3.08. The summed E-state index contributed by atoms with van der Waals surface area (Å²) in [6.07, 6.45) is 6.03. The van der Waals surface area contributed by atoms with Gasteiger partial charge in [0.2, 0.25) is 0 Å². The molecule has 0 saturated carbocycles. The summed E-state index contributed by atoms with van der Waals surface area (Å²) in [5.74, 6) is 0.762. The molecule has 26 heavy (non-hydrogen) atoms. The second-order valence-corrected chi connectivity index (χ2v) is 6.55. The predicted molar refractivity (Wildman–Crippen MR) is 103 cm³/mol. The van der Waals surface area contributed by atoms with E-state index in [0.717, 1.165) is 57.2 Å². The van der Waals surface area contributed by atoms with Crippen LogP contribution in [-0.4, -0.2) is 60.4 Å². The predicted octanol–water partition coefficient (Wildman–Crippen LogP) is 1.89. The molecule has 1 aromatic heterocycles. The molecule has 140 valence electrons. The zero-order valence-corrected chi connectivity index (χ0v) is 15.5. The maximum atomic E-state index is 13.1. The number of benzene rings is 1. The molecule has 1 N–H and O–H groups in total. The molecule has 0 unspecified atom stereocenters. The van der Waals surface area contributed by atoms with Crippen LogP contribution in [-0.2, 0) is 13.5 Å². The number of nitrogens with one attached hydrogen (secondary N) is 1. The van der Waals surface area contributed by atoms with Gasteiger partial charge in [-0.1, -0.05) is 0 Å². The van der Waals surface area contributed by atoms with Crippen LogP contribution < -0.4 is 10.2 Å². The molecular weight excluding hydrogens is 331 g/mol. The van der Waals surface area contributed by atoms with Gasteiger partial charge in [-0.05, 0) is 42.7 Å². The molecule has 7 heteroatoms. The number of guanidine groups is 1. The molecule has 3 rings (SSSR count). The lowest BCUT2D eigenvalue weighted by molar-refractivity contribution is 0.372. The summed E-state index contributed by atoms with van der Waals surface area (Å²) in [5.41, 5.74) is 2.34. The lowest BCUT2D eigenvalue weighted by Gasteiger charge is -2.37. The van der Waals surface area contributed by atoms with E-state index in [2.05, 4.69) is 31.4 Å². The number of rotatable bonds is 5. The fourth-order valence-corrected chi connectivity index (χ4v) is 3.25. The second-order valence-electron chi connectivity index (χ2n) is 6.55. The Kier molecular flexibility index (Phi) is 6.09. The highest BCUT2D eigenvalue weighted by Gasteiger charge is 2.19. The highest BCUT2D eigenvalue weighted by atomic mass is 19.1. The summed E-state index contributed by atoms with van der Waals surface area (Å²) in [6.45, 7) is 4.50. The number of anilines is 1. The van der Waals surface area contributed by atoms with Crippen molar-refractivity contribution in [1.82, 2.24) is 20.0 Å². The van der Waals surface area contributed by atoms with E-state index in [1.165, 1.54) is 17.7 Å². The first-order valence-electron chi connectivity index (χ1n) is 9.09. The van der Waals surface area contributed by atoms with Gasteiger partial charge < -0.3 is 15.1 Å². The van der Waals surface area contributed by atoms with E-state index in [0.29, 0.717) is 0 Å². The Morgan fingerprint density at radius 2 is 1.92 bits per heavy atom. The molecule has 0 radical (unpaired) electrons. The Bertz CT molecular complexity index is 716. The Hall–Kier alpha value is -2.57. The van der Waals surface area contributed by atoms with Crippen LogP contribution in [0.25, 0.3) is 0 Å². The summed E-state index contributed by atoms with van der Waals surface area (Å²) in [5, 5.41) is 7.65. The van der Waals surface area contributed by atoms with E-state index in [1.54, 1.807) is 0 Å². The van der Waals surface area contributed by atoms with Crippen molar-refractivity contribution in [3.63, 3.8) is 0 Å². The zero-order valence-electron chi connectivity index (χ0n) is 15.5. The highest BCUT2D eigenvalue weighted by Crippen LogP contribution is 2.16. The lowest BCUT2D eigenvalue weighted by atomic mass is 10.2. The number of aliphatic imine (C=N–C) groups is 1. The average molecular weight is 358 g/mol. The SMILES string of the molecule is CN=C(NCCCc1cnn(C)c1)N1CCN(c2ccc(F)cc2)CC1. The smallest absolute Gasteiger partial charge is 0.193 e. The van der Waals surface area contributed by atoms with Gasteiger partial charge in [-0.25, -0.2) is 4.39 Å². The fourth-order valence-electron chi connectivity index (χ4n) is 3.25. The molecule has 1 saturated heterocycles. The molecule has 0 aliphatic carbocycles. The Morgan fingerprint density at radius 3 is 2.54 bits per heavy atom. The topological polar surface area (TPSA) is 48.7 Å². The van der Waals surface area contributed by atoms with Crippen LogP contribution in [0.4, 0.5) is 10.1 Å². The molecule has 0 spiro atoms. The third-order valence-electron chi connectivity index (χ3n) is 4.67. The van der Waals surface area contributed by atoms with Gasteiger partial charge in [-0.15, -0.1) is 0 Å². The first-order chi connectivity index (χ1) is 12.7. The Morgan fingerprint density at radius 1 is 1.19 bits per heavy atom. The minimum absolute atomic E-state index is 0.191. The van der Waals surface area contributed by atoms with Crippen LogP contribution in [0.2, 0.25) is 0 Å². The van der Waals surface area contributed by atoms with Crippen LogP contribution >= 0.6 is 0 Å². The zero-order chi connectivity index (χ0) is 18.4. The Balaban J connectivity index is 1.42. The highest BCUT2D eigenvalue weighted by molar-refractivity contribution is 5.80. The number of nitrogens with zero attached hydrogens (tertiary/aromatic N) is 5. The second kappa shape index (κ2) is 8.69. The van der Waals surface area contributed by atoms with Gasteiger partial charge in [0.1, 0.15) is 5.82 Å². The third kappa shape index (κ3) is 4.74. The molecular formula is C19H27FN6. The van der Waals surface area contributed by atoms with Gasteiger partial charge in [-0.2, -0.15) is 5.10 Å². The number of aryl methyl sites for hydroxylation is 2. The van der Waals surface area contributed by atoms with E-state index in [1.807, 2.05) is 37.1 Å². The first kappa shape index (κ1) is 18.2. The van der Waals surface area contributed by atoms with E-state index in [9.17, 15) is 4.39 Å². The molecule has 1 fully saturated rings. The van der Waals surface area contributed by atoms with Gasteiger partial charge >= 0.3 is 0 Å².